The van der Waals surface area contributed by atoms with Crippen molar-refractivity contribution in [3.63, 3.8) is 0 Å². The Morgan fingerprint density at radius 2 is 1.94 bits per heavy atom. The van der Waals surface area contributed by atoms with Gasteiger partial charge in [0.25, 0.3) is 0 Å². The molecule has 6 heteroatoms. The van der Waals surface area contributed by atoms with Gasteiger partial charge < -0.3 is 10.1 Å². The first-order chi connectivity index (χ1) is 7.18. The van der Waals surface area contributed by atoms with Crippen LogP contribution in [0.3, 0.4) is 0 Å². The Kier molecular flexibility index (Phi) is 4.20. The summed E-state index contributed by atoms with van der Waals surface area (Å²) in [7, 11) is 0. The molecule has 1 saturated heterocycles. The highest BCUT2D eigenvalue weighted by molar-refractivity contribution is 4.78. The van der Waals surface area contributed by atoms with Crippen molar-refractivity contribution in [2.45, 2.75) is 38.7 Å². The van der Waals surface area contributed by atoms with E-state index < -0.39 is 12.4 Å². The molecule has 1 aliphatic rings. The molecule has 0 unspecified atom stereocenters. The first kappa shape index (κ1) is 13.7. The lowest BCUT2D eigenvalue weighted by molar-refractivity contribution is -0.266. The van der Waals surface area contributed by atoms with Gasteiger partial charge in [-0.05, 0) is 20.8 Å². The summed E-state index contributed by atoms with van der Waals surface area (Å²) in [5.74, 6) is 0. The molecule has 1 rings (SSSR count). The minimum atomic E-state index is -4.25. The second-order valence-corrected chi connectivity index (χ2v) is 5.04. The fraction of sp³-hybridized carbons (Fsp3) is 1.00. The predicted octanol–water partition coefficient (Wildman–Crippen LogP) is 1.60. The quantitative estimate of drug-likeness (QED) is 0.742. The summed E-state index contributed by atoms with van der Waals surface area (Å²) in [4.78, 5) is 0.505. The third-order valence-electron chi connectivity index (χ3n) is 2.36. The van der Waals surface area contributed by atoms with Crippen LogP contribution in [0.4, 0.5) is 13.2 Å². The molecule has 1 heterocycles. The molecule has 0 aromatic heterocycles. The summed E-state index contributed by atoms with van der Waals surface area (Å²) < 4.78 is 42.6. The molecular formula is C10H19F3N2O. The van der Waals surface area contributed by atoms with E-state index in [2.05, 4.69) is 5.32 Å². The highest BCUT2D eigenvalue weighted by atomic mass is 19.4. The standard InChI is InChI=1S/C10H19F3N2O/c1-9(2,3)14-6-8-7-15(4-5-16-8)10(11,12)13/h8,14H,4-7H2,1-3H3/t8-/m1/s1. The zero-order chi connectivity index (χ0) is 12.4. The van der Waals surface area contributed by atoms with Crippen molar-refractivity contribution in [2.75, 3.05) is 26.2 Å². The van der Waals surface area contributed by atoms with Gasteiger partial charge in [0.15, 0.2) is 0 Å². The molecule has 1 fully saturated rings. The highest BCUT2D eigenvalue weighted by Crippen LogP contribution is 2.23. The number of alkyl halides is 3. The number of nitrogens with one attached hydrogen (secondary N) is 1. The molecule has 16 heavy (non-hydrogen) atoms. The van der Waals surface area contributed by atoms with Gasteiger partial charge >= 0.3 is 6.30 Å². The van der Waals surface area contributed by atoms with E-state index in [4.69, 9.17) is 4.74 Å². The summed E-state index contributed by atoms with van der Waals surface area (Å²) in [5.41, 5.74) is -0.107. The highest BCUT2D eigenvalue weighted by Gasteiger charge is 2.40. The van der Waals surface area contributed by atoms with Gasteiger partial charge in [-0.25, -0.2) is 4.90 Å². The molecule has 0 saturated carbocycles. The Labute approximate surface area is 93.9 Å². The number of ether oxygens (including phenoxy) is 1. The SMILES string of the molecule is CC(C)(C)NC[C@@H]1CN(C(F)(F)F)CCO1. The molecule has 0 spiro atoms. The van der Waals surface area contributed by atoms with Crippen LogP contribution in [0.5, 0.6) is 0 Å². The summed E-state index contributed by atoms with van der Waals surface area (Å²) >= 11 is 0. The average molecular weight is 240 g/mol. The number of hydrogen-bond donors (Lipinski definition) is 1. The maximum Gasteiger partial charge on any atom is 0.460 e. The van der Waals surface area contributed by atoms with E-state index in [1.165, 1.54) is 0 Å². The van der Waals surface area contributed by atoms with E-state index >= 15 is 0 Å². The monoisotopic (exact) mass is 240 g/mol. The minimum absolute atomic E-state index is 0.0739. The van der Waals surface area contributed by atoms with E-state index in [0.29, 0.717) is 11.4 Å². The molecule has 1 aliphatic heterocycles. The van der Waals surface area contributed by atoms with Gasteiger partial charge in [0, 0.05) is 25.2 Å². The normalized spacial score (nSPS) is 24.8. The Bertz CT molecular complexity index is 225. The summed E-state index contributed by atoms with van der Waals surface area (Å²) in [6.07, 6.45) is -4.64. The molecule has 0 aromatic carbocycles. The molecule has 0 aliphatic carbocycles. The second kappa shape index (κ2) is 4.89. The van der Waals surface area contributed by atoms with Gasteiger partial charge in [0.2, 0.25) is 0 Å². The van der Waals surface area contributed by atoms with Crippen molar-refractivity contribution in [3.8, 4) is 0 Å². The van der Waals surface area contributed by atoms with E-state index in [-0.39, 0.29) is 25.2 Å². The molecule has 1 atom stereocenters. The lowest BCUT2D eigenvalue weighted by Crippen LogP contribution is -2.53. The third-order valence-corrected chi connectivity index (χ3v) is 2.36. The van der Waals surface area contributed by atoms with Gasteiger partial charge in [0.1, 0.15) is 0 Å². The Morgan fingerprint density at radius 3 is 2.44 bits per heavy atom. The Balaban J connectivity index is 2.39. The van der Waals surface area contributed by atoms with Crippen molar-refractivity contribution < 1.29 is 17.9 Å². The lowest BCUT2D eigenvalue weighted by atomic mass is 10.1. The van der Waals surface area contributed by atoms with Crippen molar-refractivity contribution in [1.82, 2.24) is 10.2 Å². The molecule has 1 N–H and O–H groups in total. The molecule has 0 bridgehead atoms. The van der Waals surface area contributed by atoms with Gasteiger partial charge in [-0.1, -0.05) is 0 Å². The van der Waals surface area contributed by atoms with Crippen LogP contribution in [0.1, 0.15) is 20.8 Å². The molecule has 3 nitrogen and oxygen atoms in total. The van der Waals surface area contributed by atoms with Crippen LogP contribution in [0.25, 0.3) is 0 Å². The first-order valence-corrected chi connectivity index (χ1v) is 5.37. The summed E-state index contributed by atoms with van der Waals surface area (Å²) in [6, 6.07) is 0. The fourth-order valence-corrected chi connectivity index (χ4v) is 1.49. The second-order valence-electron chi connectivity index (χ2n) is 5.04. The van der Waals surface area contributed by atoms with Crippen molar-refractivity contribution in [1.29, 1.82) is 0 Å². The van der Waals surface area contributed by atoms with Crippen LogP contribution in [0.15, 0.2) is 0 Å². The van der Waals surface area contributed by atoms with Gasteiger partial charge in [0.05, 0.1) is 12.7 Å². The number of halogens is 3. The van der Waals surface area contributed by atoms with Crippen molar-refractivity contribution in [3.05, 3.63) is 0 Å². The minimum Gasteiger partial charge on any atom is -0.374 e. The Hall–Kier alpha value is -0.330. The van der Waals surface area contributed by atoms with Gasteiger partial charge in [-0.15, -0.1) is 0 Å². The van der Waals surface area contributed by atoms with Crippen molar-refractivity contribution >= 4 is 0 Å². The number of morpholine rings is 1. The lowest BCUT2D eigenvalue weighted by Gasteiger charge is -2.35. The third kappa shape index (κ3) is 4.67. The fourth-order valence-electron chi connectivity index (χ4n) is 1.49. The Morgan fingerprint density at radius 1 is 1.31 bits per heavy atom. The van der Waals surface area contributed by atoms with Crippen LogP contribution in [0, 0.1) is 0 Å². The largest absolute Gasteiger partial charge is 0.460 e. The number of nitrogens with zero attached hydrogens (tertiary/aromatic N) is 1. The molecule has 0 aromatic rings. The van der Waals surface area contributed by atoms with Crippen LogP contribution >= 0.6 is 0 Å². The smallest absolute Gasteiger partial charge is 0.374 e. The topological polar surface area (TPSA) is 24.5 Å². The van der Waals surface area contributed by atoms with Crippen LogP contribution in [-0.4, -0.2) is 49.1 Å². The van der Waals surface area contributed by atoms with E-state index in [1.54, 1.807) is 0 Å². The van der Waals surface area contributed by atoms with Crippen LogP contribution < -0.4 is 5.32 Å². The first-order valence-electron chi connectivity index (χ1n) is 5.37. The number of rotatable bonds is 2. The average Bonchev–Trinajstić information content (AvgIpc) is 2.13. The molecular weight excluding hydrogens is 221 g/mol. The number of hydrogen-bond acceptors (Lipinski definition) is 3. The summed E-state index contributed by atoms with van der Waals surface area (Å²) in [5, 5.41) is 3.14. The molecule has 0 radical (unpaired) electrons. The zero-order valence-electron chi connectivity index (χ0n) is 9.90. The van der Waals surface area contributed by atoms with Crippen LogP contribution in [0.2, 0.25) is 0 Å². The predicted molar refractivity (Wildman–Crippen MR) is 55.1 cm³/mol. The maximum atomic E-state index is 12.4. The maximum absolute atomic E-state index is 12.4. The van der Waals surface area contributed by atoms with E-state index in [0.717, 1.165) is 0 Å². The van der Waals surface area contributed by atoms with Gasteiger partial charge in [-0.3, -0.25) is 0 Å². The molecule has 0 amide bonds. The van der Waals surface area contributed by atoms with E-state index in [9.17, 15) is 13.2 Å². The van der Waals surface area contributed by atoms with Crippen LogP contribution in [-0.2, 0) is 4.74 Å². The van der Waals surface area contributed by atoms with E-state index in [1.807, 2.05) is 20.8 Å². The van der Waals surface area contributed by atoms with Gasteiger partial charge in [-0.2, -0.15) is 13.2 Å². The van der Waals surface area contributed by atoms with Crippen molar-refractivity contribution in [2.24, 2.45) is 0 Å². The zero-order valence-corrected chi connectivity index (χ0v) is 9.90. The molecule has 96 valence electrons. The summed E-state index contributed by atoms with van der Waals surface area (Å²) in [6.45, 7) is 6.32.